The summed E-state index contributed by atoms with van der Waals surface area (Å²) < 4.78 is 0.276. The molecule has 5 nitrogen and oxygen atoms in total. The predicted molar refractivity (Wildman–Crippen MR) is 107 cm³/mol. The Bertz CT molecular complexity index is 919. The zero-order valence-electron chi connectivity index (χ0n) is 13.8. The largest absolute Gasteiger partial charge is 0.345 e. The molecule has 0 aliphatic carbocycles. The van der Waals surface area contributed by atoms with E-state index in [9.17, 15) is 9.59 Å². The summed E-state index contributed by atoms with van der Waals surface area (Å²) in [7, 11) is 0. The van der Waals surface area contributed by atoms with Gasteiger partial charge >= 0.3 is 0 Å². The van der Waals surface area contributed by atoms with Crippen LogP contribution in [0, 0.1) is 11.7 Å². The summed E-state index contributed by atoms with van der Waals surface area (Å²) in [5, 5.41) is 4.35. The van der Waals surface area contributed by atoms with E-state index in [1.54, 1.807) is 31.2 Å². The summed E-state index contributed by atoms with van der Waals surface area (Å²) in [6.45, 7) is 3.75. The van der Waals surface area contributed by atoms with Crippen LogP contribution >= 0.6 is 35.6 Å². The number of H-pyrrole nitrogens is 2. The van der Waals surface area contributed by atoms with Crippen molar-refractivity contribution < 1.29 is 4.79 Å². The highest BCUT2D eigenvalue weighted by atomic mass is 35.5. The highest BCUT2D eigenvalue weighted by molar-refractivity contribution is 8.03. The second-order valence-corrected chi connectivity index (χ2v) is 7.09. The van der Waals surface area contributed by atoms with Crippen LogP contribution < -0.4 is 10.9 Å². The molecule has 0 aliphatic rings. The first kappa shape index (κ1) is 19.5. The highest BCUT2D eigenvalue weighted by Gasteiger charge is 2.11. The number of halogens is 1. The van der Waals surface area contributed by atoms with Gasteiger partial charge in [0, 0.05) is 16.3 Å². The van der Waals surface area contributed by atoms with E-state index in [1.807, 2.05) is 13.0 Å². The number of carbonyl (C=O) groups excluding carboxylic acids is 1. The average molecular weight is 396 g/mol. The van der Waals surface area contributed by atoms with E-state index < -0.39 is 0 Å². The number of nitrogens with one attached hydrogen (secondary N) is 3. The Morgan fingerprint density at radius 2 is 2.16 bits per heavy atom. The lowest BCUT2D eigenvalue weighted by Crippen LogP contribution is -2.17. The van der Waals surface area contributed by atoms with Crippen molar-refractivity contribution in [2.45, 2.75) is 20.3 Å². The van der Waals surface area contributed by atoms with Crippen molar-refractivity contribution in [3.8, 4) is 0 Å². The molecule has 0 radical (unpaired) electrons. The predicted octanol–water partition coefficient (Wildman–Crippen LogP) is 4.67. The third-order valence-electron chi connectivity index (χ3n) is 3.27. The van der Waals surface area contributed by atoms with E-state index in [0.717, 1.165) is 11.4 Å². The fourth-order valence-electron chi connectivity index (χ4n) is 2.09. The lowest BCUT2D eigenvalue weighted by atomic mass is 10.1. The molecule has 8 heteroatoms. The molecular formula is C17H18ClN3O2S2. The maximum Gasteiger partial charge on any atom is 0.275 e. The Balaban J connectivity index is 2.12. The normalized spacial score (nSPS) is 11.4. The number of hydrogen-bond acceptors (Lipinski definition) is 5. The molecule has 0 bridgehead atoms. The molecule has 1 aromatic heterocycles. The molecule has 1 heterocycles. The summed E-state index contributed by atoms with van der Waals surface area (Å²) in [6.07, 6.45) is 2.69. The molecule has 0 saturated heterocycles. The lowest BCUT2D eigenvalue weighted by Gasteiger charge is -2.12. The standard InChI is InChI=1S/C17H18ClN3O2S2/c1-3-5-14(20-15-10(2)19-17(24)21-16(15)23)25-9-13(22)11-6-4-7-12(18)8-11/h4-8,20H,3,9H2,1-2H3,(H2,19,21,23,24)/b14-5-. The molecule has 0 amide bonds. The molecule has 2 rings (SSSR count). The van der Waals surface area contributed by atoms with E-state index in [-0.39, 0.29) is 21.9 Å². The Hall–Kier alpha value is -1.83. The van der Waals surface area contributed by atoms with Crippen LogP contribution in [-0.4, -0.2) is 21.5 Å². The third-order valence-corrected chi connectivity index (χ3v) is 4.70. The topological polar surface area (TPSA) is 77.8 Å². The molecule has 0 fully saturated rings. The van der Waals surface area contributed by atoms with Gasteiger partial charge in [-0.1, -0.05) is 36.7 Å². The van der Waals surface area contributed by atoms with E-state index >= 15 is 0 Å². The van der Waals surface area contributed by atoms with Crippen LogP contribution in [0.5, 0.6) is 0 Å². The van der Waals surface area contributed by atoms with Crippen molar-refractivity contribution >= 4 is 47.1 Å². The molecule has 0 saturated carbocycles. The smallest absolute Gasteiger partial charge is 0.275 e. The minimum absolute atomic E-state index is 0.0330. The van der Waals surface area contributed by atoms with Crippen LogP contribution in [0.25, 0.3) is 0 Å². The lowest BCUT2D eigenvalue weighted by molar-refractivity contribution is 0.102. The van der Waals surface area contributed by atoms with Crippen molar-refractivity contribution in [1.82, 2.24) is 9.97 Å². The van der Waals surface area contributed by atoms with Crippen LogP contribution in [0.4, 0.5) is 5.69 Å². The highest BCUT2D eigenvalue weighted by Crippen LogP contribution is 2.21. The number of aromatic amines is 2. The fraction of sp³-hybridized carbons (Fsp3) is 0.235. The Kier molecular flexibility index (Phi) is 7.04. The number of carbonyl (C=O) groups is 1. The number of aromatic nitrogens is 2. The second-order valence-electron chi connectivity index (χ2n) is 5.23. The summed E-state index contributed by atoms with van der Waals surface area (Å²) in [5.74, 6) is 0.202. The van der Waals surface area contributed by atoms with Crippen molar-refractivity contribution in [1.29, 1.82) is 0 Å². The zero-order chi connectivity index (χ0) is 18.4. The minimum Gasteiger partial charge on any atom is -0.345 e. The molecule has 3 N–H and O–H groups in total. The Morgan fingerprint density at radius 3 is 2.80 bits per heavy atom. The first-order chi connectivity index (χ1) is 11.9. The molecule has 2 aromatic rings. The molecule has 1 aromatic carbocycles. The SMILES string of the molecule is CC/C=C(/Nc1c(C)[nH]c(=S)[nH]c1=O)SCC(=O)c1cccc(Cl)c1. The number of allylic oxidation sites excluding steroid dienone is 1. The van der Waals surface area contributed by atoms with Gasteiger partial charge in [-0.25, -0.2) is 0 Å². The van der Waals surface area contributed by atoms with Gasteiger partial charge in [-0.15, -0.1) is 11.8 Å². The van der Waals surface area contributed by atoms with E-state index in [1.165, 1.54) is 11.8 Å². The summed E-state index contributed by atoms with van der Waals surface area (Å²) >= 11 is 12.2. The quantitative estimate of drug-likeness (QED) is 0.469. The number of anilines is 1. The number of benzene rings is 1. The van der Waals surface area contributed by atoms with Gasteiger partial charge in [-0.2, -0.15) is 0 Å². The molecule has 0 atom stereocenters. The van der Waals surface area contributed by atoms with Gasteiger partial charge in [0.25, 0.3) is 5.56 Å². The van der Waals surface area contributed by atoms with E-state index in [0.29, 0.717) is 22.0 Å². The van der Waals surface area contributed by atoms with Gasteiger partial charge in [0.1, 0.15) is 5.69 Å². The Morgan fingerprint density at radius 1 is 1.40 bits per heavy atom. The molecule has 0 unspecified atom stereocenters. The van der Waals surface area contributed by atoms with E-state index in [4.69, 9.17) is 23.8 Å². The molecule has 132 valence electrons. The fourth-order valence-corrected chi connectivity index (χ4v) is 3.44. The van der Waals surface area contributed by atoms with Crippen molar-refractivity contribution in [2.24, 2.45) is 0 Å². The minimum atomic E-state index is -0.301. The molecular weight excluding hydrogens is 378 g/mol. The number of hydrogen-bond donors (Lipinski definition) is 3. The van der Waals surface area contributed by atoms with Gasteiger partial charge in [0.2, 0.25) is 0 Å². The van der Waals surface area contributed by atoms with Gasteiger partial charge in [-0.05, 0) is 37.7 Å². The van der Waals surface area contributed by atoms with Crippen LogP contribution in [-0.2, 0) is 0 Å². The second kappa shape index (κ2) is 9.03. The summed E-state index contributed by atoms with van der Waals surface area (Å²) in [4.78, 5) is 29.8. The summed E-state index contributed by atoms with van der Waals surface area (Å²) in [5.41, 5.74) is 1.28. The van der Waals surface area contributed by atoms with Crippen molar-refractivity contribution in [3.05, 3.63) is 66.8 Å². The van der Waals surface area contributed by atoms with Crippen molar-refractivity contribution in [2.75, 3.05) is 11.1 Å². The first-order valence-electron chi connectivity index (χ1n) is 7.62. The van der Waals surface area contributed by atoms with Crippen LogP contribution in [0.3, 0.4) is 0 Å². The molecule has 25 heavy (non-hydrogen) atoms. The first-order valence-corrected chi connectivity index (χ1v) is 9.39. The number of thioether (sulfide) groups is 1. The summed E-state index contributed by atoms with van der Waals surface area (Å²) in [6, 6.07) is 6.85. The van der Waals surface area contributed by atoms with Gasteiger partial charge in [-0.3, -0.25) is 14.6 Å². The monoisotopic (exact) mass is 395 g/mol. The maximum absolute atomic E-state index is 12.3. The zero-order valence-corrected chi connectivity index (χ0v) is 16.2. The third kappa shape index (κ3) is 5.59. The number of Topliss-reactive ketones (excluding diaryl/α,β-unsaturated/α-hetero) is 1. The number of aryl methyl sites for hydroxylation is 1. The van der Waals surface area contributed by atoms with E-state index in [2.05, 4.69) is 15.3 Å². The number of ketones is 1. The number of rotatable bonds is 7. The molecule has 0 aliphatic heterocycles. The Labute approximate surface area is 159 Å². The average Bonchev–Trinajstić information content (AvgIpc) is 2.55. The molecule has 0 spiro atoms. The van der Waals surface area contributed by atoms with Crippen LogP contribution in [0.1, 0.15) is 29.4 Å². The van der Waals surface area contributed by atoms with Crippen LogP contribution in [0.2, 0.25) is 5.02 Å². The van der Waals surface area contributed by atoms with Crippen molar-refractivity contribution in [3.63, 3.8) is 0 Å². The van der Waals surface area contributed by atoms with Gasteiger partial charge in [0.05, 0.1) is 10.8 Å². The van der Waals surface area contributed by atoms with Gasteiger partial charge < -0.3 is 10.3 Å². The van der Waals surface area contributed by atoms with Crippen LogP contribution in [0.15, 0.2) is 40.2 Å². The van der Waals surface area contributed by atoms with Gasteiger partial charge in [0.15, 0.2) is 10.6 Å². The maximum atomic E-state index is 12.3.